The highest BCUT2D eigenvalue weighted by molar-refractivity contribution is 4.78. The number of unbranched alkanes of at least 4 members (excludes halogenated alkanes) is 22. The number of halogens is 2. The third-order valence-electron chi connectivity index (χ3n) is 8.56. The Morgan fingerprint density at radius 1 is 0.372 bits per heavy atom. The highest BCUT2D eigenvalue weighted by atomic mass is 35.5. The lowest BCUT2D eigenvalue weighted by atomic mass is 9.88. The third-order valence-corrected chi connectivity index (χ3v) is 8.56. The van der Waals surface area contributed by atoms with E-state index in [1.165, 1.54) is 164 Å². The van der Waals surface area contributed by atoms with Gasteiger partial charge in [-0.2, -0.15) is 0 Å². The molecule has 0 aliphatic carbocycles. The summed E-state index contributed by atoms with van der Waals surface area (Å²) in [5.41, 5.74) is 0.103. The van der Waals surface area contributed by atoms with Gasteiger partial charge < -0.3 is 44.1 Å². The van der Waals surface area contributed by atoms with Crippen LogP contribution in [0.5, 0.6) is 0 Å². The average molecular weight is 656 g/mol. The average Bonchev–Trinajstić information content (AvgIpc) is 2.92. The maximum absolute atomic E-state index is 6.36. The first-order valence-electron chi connectivity index (χ1n) is 18.7. The molecule has 0 aromatic heterocycles. The molecule has 4 nitrogen and oxygen atoms in total. The SMILES string of the molecule is CCCCCCCCCCCCCCOCC(COCCCCCCCCCCCCCC)(C[NH+](C)C)C[NH+](C)C.[Cl-].[Cl-]. The normalized spacial score (nSPS) is 11.7. The summed E-state index contributed by atoms with van der Waals surface area (Å²) in [6.45, 7) is 10.3. The summed E-state index contributed by atoms with van der Waals surface area (Å²) in [7, 11) is 9.10. The Morgan fingerprint density at radius 2 is 0.605 bits per heavy atom. The zero-order chi connectivity index (χ0) is 30.3. The molecule has 0 spiro atoms. The molecule has 2 N–H and O–H groups in total. The number of hydrogen-bond donors (Lipinski definition) is 2. The summed E-state index contributed by atoms with van der Waals surface area (Å²) in [5.74, 6) is 0. The summed E-state index contributed by atoms with van der Waals surface area (Å²) in [5, 5.41) is 0. The summed E-state index contributed by atoms with van der Waals surface area (Å²) in [4.78, 5) is 2.99. The lowest BCUT2D eigenvalue weighted by molar-refractivity contribution is -0.893. The smallest absolute Gasteiger partial charge is 0.114 e. The predicted octanol–water partition coefficient (Wildman–Crippen LogP) is 1.71. The quantitative estimate of drug-likeness (QED) is 0.103. The first-order chi connectivity index (χ1) is 20.0. The van der Waals surface area contributed by atoms with E-state index in [2.05, 4.69) is 42.0 Å². The van der Waals surface area contributed by atoms with Crippen molar-refractivity contribution in [3.05, 3.63) is 0 Å². The molecule has 264 valence electrons. The van der Waals surface area contributed by atoms with Crippen molar-refractivity contribution in [2.45, 2.75) is 168 Å². The molecule has 0 saturated heterocycles. The molecule has 0 bridgehead atoms. The summed E-state index contributed by atoms with van der Waals surface area (Å²) < 4.78 is 12.7. The topological polar surface area (TPSA) is 27.3 Å². The Kier molecular flexibility index (Phi) is 41.0. The van der Waals surface area contributed by atoms with Crippen LogP contribution in [0, 0.1) is 5.41 Å². The van der Waals surface area contributed by atoms with Gasteiger partial charge >= 0.3 is 0 Å². The van der Waals surface area contributed by atoms with Gasteiger partial charge in [-0.05, 0) is 12.8 Å². The maximum atomic E-state index is 6.36. The number of hydrogen-bond acceptors (Lipinski definition) is 2. The molecule has 0 heterocycles. The minimum Gasteiger partial charge on any atom is -1.00 e. The minimum absolute atomic E-state index is 0. The molecule has 0 amide bonds. The van der Waals surface area contributed by atoms with Crippen LogP contribution in [0.2, 0.25) is 0 Å². The van der Waals surface area contributed by atoms with Crippen LogP contribution < -0.4 is 34.6 Å². The molecule has 6 heteroatoms. The van der Waals surface area contributed by atoms with Gasteiger partial charge in [0, 0.05) is 13.2 Å². The first kappa shape index (κ1) is 47.8. The van der Waals surface area contributed by atoms with Gasteiger partial charge in [0.1, 0.15) is 5.41 Å². The van der Waals surface area contributed by atoms with Crippen molar-refractivity contribution >= 4 is 0 Å². The standard InChI is InChI=1S/C37H78N2O2.2ClH/c1-7-9-11-13-15-17-19-21-23-25-27-29-31-40-35-37(33-38(3)4,34-39(5)6)36-41-32-30-28-26-24-22-20-18-16-14-12-10-8-2;;/h7-36H2,1-6H3;2*1H. The zero-order valence-electron chi connectivity index (χ0n) is 30.3. The fourth-order valence-corrected chi connectivity index (χ4v) is 6.48. The zero-order valence-corrected chi connectivity index (χ0v) is 31.8. The van der Waals surface area contributed by atoms with Crippen molar-refractivity contribution in [1.29, 1.82) is 0 Å². The largest absolute Gasteiger partial charge is 1.00 e. The van der Waals surface area contributed by atoms with Gasteiger partial charge in [-0.25, -0.2) is 0 Å². The van der Waals surface area contributed by atoms with E-state index in [0.29, 0.717) is 0 Å². The molecule has 43 heavy (non-hydrogen) atoms. The fraction of sp³-hybridized carbons (Fsp3) is 1.00. The molecule has 0 atom stereocenters. The van der Waals surface area contributed by atoms with E-state index in [9.17, 15) is 0 Å². The lowest BCUT2D eigenvalue weighted by Gasteiger charge is -2.34. The van der Waals surface area contributed by atoms with E-state index >= 15 is 0 Å². The molecule has 0 aliphatic heterocycles. The Labute approximate surface area is 284 Å². The van der Waals surface area contributed by atoms with Crippen LogP contribution in [-0.2, 0) is 9.47 Å². The van der Waals surface area contributed by atoms with Crippen LogP contribution in [0.3, 0.4) is 0 Å². The summed E-state index contributed by atoms with van der Waals surface area (Å²) in [6, 6.07) is 0. The van der Waals surface area contributed by atoms with Crippen LogP contribution in [0.15, 0.2) is 0 Å². The van der Waals surface area contributed by atoms with Gasteiger partial charge in [-0.3, -0.25) is 0 Å². The van der Waals surface area contributed by atoms with Crippen molar-refractivity contribution in [3.8, 4) is 0 Å². The molecule has 0 fully saturated rings. The van der Waals surface area contributed by atoms with E-state index in [4.69, 9.17) is 9.47 Å². The van der Waals surface area contributed by atoms with Gasteiger partial charge in [0.25, 0.3) is 0 Å². The van der Waals surface area contributed by atoms with Crippen molar-refractivity contribution in [2.75, 3.05) is 67.7 Å². The van der Waals surface area contributed by atoms with Crippen molar-refractivity contribution in [1.82, 2.24) is 0 Å². The van der Waals surface area contributed by atoms with Crippen LogP contribution in [-0.4, -0.2) is 67.7 Å². The molecule has 0 aromatic carbocycles. The van der Waals surface area contributed by atoms with Gasteiger partial charge in [-0.15, -0.1) is 0 Å². The van der Waals surface area contributed by atoms with Crippen LogP contribution in [0.4, 0.5) is 0 Å². The summed E-state index contributed by atoms with van der Waals surface area (Å²) in [6.07, 6.45) is 33.4. The van der Waals surface area contributed by atoms with Gasteiger partial charge in [0.15, 0.2) is 0 Å². The number of nitrogens with one attached hydrogen (secondary N) is 2. The van der Waals surface area contributed by atoms with Crippen molar-refractivity contribution in [3.63, 3.8) is 0 Å². The maximum Gasteiger partial charge on any atom is 0.114 e. The molecule has 0 aliphatic rings. The van der Waals surface area contributed by atoms with Gasteiger partial charge in [0.2, 0.25) is 0 Å². The predicted molar refractivity (Wildman–Crippen MR) is 182 cm³/mol. The molecular formula is C37H80Cl2N2O2. The second kappa shape index (κ2) is 36.9. The van der Waals surface area contributed by atoms with Crippen molar-refractivity contribution < 1.29 is 44.1 Å². The monoisotopic (exact) mass is 655 g/mol. The van der Waals surface area contributed by atoms with Crippen LogP contribution in [0.1, 0.15) is 168 Å². The van der Waals surface area contributed by atoms with Gasteiger partial charge in [-0.1, -0.05) is 155 Å². The molecular weight excluding hydrogens is 575 g/mol. The number of rotatable bonds is 34. The molecule has 0 rings (SSSR count). The Bertz CT molecular complexity index is 465. The highest BCUT2D eigenvalue weighted by Gasteiger charge is 2.37. The molecule has 0 unspecified atom stereocenters. The van der Waals surface area contributed by atoms with Crippen LogP contribution in [0.25, 0.3) is 0 Å². The second-order valence-electron chi connectivity index (χ2n) is 14.2. The van der Waals surface area contributed by atoms with E-state index < -0.39 is 0 Å². The molecule has 0 aromatic rings. The fourth-order valence-electron chi connectivity index (χ4n) is 6.48. The Balaban J connectivity index is -0.00000800. The molecule has 0 saturated carbocycles. The third kappa shape index (κ3) is 35.1. The minimum atomic E-state index is 0. The number of quaternary nitrogens is 2. The Hall–Kier alpha value is 0.420. The van der Waals surface area contributed by atoms with Gasteiger partial charge in [0.05, 0.1) is 54.5 Å². The lowest BCUT2D eigenvalue weighted by Crippen LogP contribution is -3.12. The van der Waals surface area contributed by atoms with Crippen LogP contribution >= 0.6 is 0 Å². The van der Waals surface area contributed by atoms with E-state index in [-0.39, 0.29) is 30.2 Å². The van der Waals surface area contributed by atoms with Crippen molar-refractivity contribution in [2.24, 2.45) is 5.41 Å². The van der Waals surface area contributed by atoms with E-state index in [1.807, 2.05) is 0 Å². The summed E-state index contributed by atoms with van der Waals surface area (Å²) >= 11 is 0. The van der Waals surface area contributed by atoms with E-state index in [0.717, 1.165) is 39.5 Å². The highest BCUT2D eigenvalue weighted by Crippen LogP contribution is 2.17. The number of ether oxygens (including phenoxy) is 2. The van der Waals surface area contributed by atoms with E-state index in [1.54, 1.807) is 0 Å². The Morgan fingerprint density at radius 3 is 0.837 bits per heavy atom. The second-order valence-corrected chi connectivity index (χ2v) is 14.2. The molecule has 0 radical (unpaired) electrons. The first-order valence-corrected chi connectivity index (χ1v) is 18.7.